The van der Waals surface area contributed by atoms with Crippen molar-refractivity contribution >= 4 is 12.0 Å². The Kier molecular flexibility index (Phi) is 8.56. The SMILES string of the molecule is CC(C)CCC[C@@H](C)[C@H]1CC[C@H]2[C@@H]3CCC4CC(OC(=O)C=Cc5ccc(O)cc5)CC[C@]4(C)[C@H]3CC[C@]12C. The molecule has 0 aliphatic heterocycles. The fraction of sp³-hybridized carbons (Fsp3) is 0.750. The van der Waals surface area contributed by atoms with Gasteiger partial charge in [-0.2, -0.15) is 0 Å². The summed E-state index contributed by atoms with van der Waals surface area (Å²) in [5, 5.41) is 9.46. The van der Waals surface area contributed by atoms with Gasteiger partial charge in [0.2, 0.25) is 0 Å². The van der Waals surface area contributed by atoms with Crippen molar-refractivity contribution in [1.29, 1.82) is 0 Å². The number of hydrogen-bond donors (Lipinski definition) is 1. The van der Waals surface area contributed by atoms with Crippen LogP contribution in [0.25, 0.3) is 6.08 Å². The molecule has 4 fully saturated rings. The van der Waals surface area contributed by atoms with Crippen LogP contribution in [0.3, 0.4) is 0 Å². The second kappa shape index (κ2) is 11.6. The van der Waals surface area contributed by atoms with Gasteiger partial charge < -0.3 is 9.84 Å². The van der Waals surface area contributed by atoms with E-state index in [9.17, 15) is 9.90 Å². The molecule has 0 heterocycles. The van der Waals surface area contributed by atoms with E-state index in [-0.39, 0.29) is 17.8 Å². The summed E-state index contributed by atoms with van der Waals surface area (Å²) in [5.41, 5.74) is 1.86. The number of ether oxygens (including phenoxy) is 1. The topological polar surface area (TPSA) is 46.5 Å². The Bertz CT molecular complexity index is 1010. The summed E-state index contributed by atoms with van der Waals surface area (Å²) in [7, 11) is 0. The first-order chi connectivity index (χ1) is 18.6. The monoisotopic (exact) mass is 534 g/mol. The minimum absolute atomic E-state index is 0.0491. The first-order valence-electron chi connectivity index (χ1n) is 16.3. The first kappa shape index (κ1) is 28.7. The van der Waals surface area contributed by atoms with Crippen LogP contribution >= 0.6 is 0 Å². The number of esters is 1. The lowest BCUT2D eigenvalue weighted by Crippen LogP contribution is -2.54. The molecule has 4 aliphatic carbocycles. The van der Waals surface area contributed by atoms with E-state index in [4.69, 9.17) is 4.74 Å². The van der Waals surface area contributed by atoms with Gasteiger partial charge in [-0.05, 0) is 134 Å². The van der Waals surface area contributed by atoms with Crippen molar-refractivity contribution in [3.63, 3.8) is 0 Å². The van der Waals surface area contributed by atoms with E-state index in [1.165, 1.54) is 64.2 Å². The maximum Gasteiger partial charge on any atom is 0.331 e. The van der Waals surface area contributed by atoms with Crippen LogP contribution in [0.15, 0.2) is 30.3 Å². The van der Waals surface area contributed by atoms with E-state index >= 15 is 0 Å². The molecule has 1 aromatic carbocycles. The molecule has 0 bridgehead atoms. The number of fused-ring (bicyclic) bond motifs is 5. The summed E-state index contributed by atoms with van der Waals surface area (Å²) in [4.78, 5) is 12.6. The molecule has 5 rings (SSSR count). The van der Waals surface area contributed by atoms with Crippen molar-refractivity contribution in [3.05, 3.63) is 35.9 Å². The molecule has 1 N–H and O–H groups in total. The van der Waals surface area contributed by atoms with Gasteiger partial charge >= 0.3 is 5.97 Å². The van der Waals surface area contributed by atoms with Gasteiger partial charge in [-0.1, -0.05) is 66.0 Å². The van der Waals surface area contributed by atoms with Crippen LogP contribution in [0.5, 0.6) is 5.75 Å². The van der Waals surface area contributed by atoms with E-state index < -0.39 is 0 Å². The van der Waals surface area contributed by atoms with Crippen LogP contribution in [-0.2, 0) is 9.53 Å². The lowest BCUT2D eigenvalue weighted by Gasteiger charge is -2.61. The highest BCUT2D eigenvalue weighted by atomic mass is 16.5. The zero-order chi connectivity index (χ0) is 27.8. The lowest BCUT2D eigenvalue weighted by molar-refractivity contribution is -0.157. The first-order valence-corrected chi connectivity index (χ1v) is 16.3. The summed E-state index contributed by atoms with van der Waals surface area (Å²) < 4.78 is 5.96. The average Bonchev–Trinajstić information content (AvgIpc) is 3.25. The Hall–Kier alpha value is -1.77. The molecule has 4 aliphatic rings. The van der Waals surface area contributed by atoms with Crippen molar-refractivity contribution in [2.75, 3.05) is 0 Å². The maximum absolute atomic E-state index is 12.6. The highest BCUT2D eigenvalue weighted by molar-refractivity contribution is 5.87. The number of aromatic hydroxyl groups is 1. The van der Waals surface area contributed by atoms with Crippen molar-refractivity contribution in [2.24, 2.45) is 52.3 Å². The Balaban J connectivity index is 1.18. The minimum Gasteiger partial charge on any atom is -0.508 e. The molecule has 39 heavy (non-hydrogen) atoms. The van der Waals surface area contributed by atoms with Crippen LogP contribution in [0.2, 0.25) is 0 Å². The molecular formula is C36H54O3. The molecule has 0 spiro atoms. The lowest BCUT2D eigenvalue weighted by atomic mass is 9.44. The van der Waals surface area contributed by atoms with Gasteiger partial charge in [-0.3, -0.25) is 0 Å². The molecule has 0 saturated heterocycles. The second-order valence-electron chi connectivity index (χ2n) is 14.9. The fourth-order valence-corrected chi connectivity index (χ4v) is 10.3. The van der Waals surface area contributed by atoms with Crippen LogP contribution in [0.4, 0.5) is 0 Å². The molecule has 0 aromatic heterocycles. The molecule has 0 radical (unpaired) electrons. The number of carbonyl (C=O) groups excluding carboxylic acids is 1. The second-order valence-corrected chi connectivity index (χ2v) is 14.9. The third kappa shape index (κ3) is 5.84. The molecule has 3 heteroatoms. The van der Waals surface area contributed by atoms with Gasteiger partial charge in [0.25, 0.3) is 0 Å². The third-order valence-electron chi connectivity index (χ3n) is 12.4. The average molecular weight is 535 g/mol. The molecule has 2 unspecified atom stereocenters. The summed E-state index contributed by atoms with van der Waals surface area (Å²) >= 11 is 0. The van der Waals surface area contributed by atoms with Gasteiger partial charge in [-0.15, -0.1) is 0 Å². The number of benzene rings is 1. The quantitative estimate of drug-likeness (QED) is 0.267. The zero-order valence-electron chi connectivity index (χ0n) is 25.3. The van der Waals surface area contributed by atoms with E-state index in [0.29, 0.717) is 16.7 Å². The molecule has 0 amide bonds. The molecule has 1 aromatic rings. The van der Waals surface area contributed by atoms with Gasteiger partial charge in [-0.25, -0.2) is 4.79 Å². The van der Waals surface area contributed by atoms with Crippen molar-refractivity contribution in [2.45, 2.75) is 118 Å². The van der Waals surface area contributed by atoms with Crippen LogP contribution in [-0.4, -0.2) is 17.2 Å². The van der Waals surface area contributed by atoms with Gasteiger partial charge in [0.05, 0.1) is 0 Å². The van der Waals surface area contributed by atoms with E-state index in [1.54, 1.807) is 36.4 Å². The number of rotatable bonds is 8. The van der Waals surface area contributed by atoms with Crippen molar-refractivity contribution < 1.29 is 14.6 Å². The van der Waals surface area contributed by atoms with E-state index in [1.807, 2.05) is 0 Å². The van der Waals surface area contributed by atoms with Gasteiger partial charge in [0.1, 0.15) is 11.9 Å². The molecule has 9 atom stereocenters. The highest BCUT2D eigenvalue weighted by Gasteiger charge is 2.60. The van der Waals surface area contributed by atoms with Crippen LogP contribution in [0.1, 0.15) is 117 Å². The maximum atomic E-state index is 12.6. The predicted molar refractivity (Wildman–Crippen MR) is 160 cm³/mol. The zero-order valence-corrected chi connectivity index (χ0v) is 25.3. The van der Waals surface area contributed by atoms with E-state index in [0.717, 1.165) is 53.9 Å². The molecule has 216 valence electrons. The number of hydrogen-bond acceptors (Lipinski definition) is 3. The summed E-state index contributed by atoms with van der Waals surface area (Å²) in [6, 6.07) is 6.88. The normalized spacial score (nSPS) is 38.7. The van der Waals surface area contributed by atoms with Crippen molar-refractivity contribution in [3.8, 4) is 5.75 Å². The Morgan fingerprint density at radius 1 is 0.949 bits per heavy atom. The Morgan fingerprint density at radius 3 is 2.41 bits per heavy atom. The summed E-state index contributed by atoms with van der Waals surface area (Å²) in [6.07, 6.45) is 19.3. The van der Waals surface area contributed by atoms with Gasteiger partial charge in [0.15, 0.2) is 0 Å². The molecule has 4 saturated carbocycles. The van der Waals surface area contributed by atoms with Crippen molar-refractivity contribution in [1.82, 2.24) is 0 Å². The Morgan fingerprint density at radius 2 is 1.67 bits per heavy atom. The minimum atomic E-state index is -0.238. The van der Waals surface area contributed by atoms with Gasteiger partial charge in [0, 0.05) is 6.08 Å². The number of phenols is 1. The third-order valence-corrected chi connectivity index (χ3v) is 12.4. The number of phenolic OH excluding ortho intramolecular Hbond substituents is 1. The molecule has 3 nitrogen and oxygen atoms in total. The Labute approximate surface area is 238 Å². The number of carbonyl (C=O) groups is 1. The van der Waals surface area contributed by atoms with Crippen LogP contribution < -0.4 is 0 Å². The highest BCUT2D eigenvalue weighted by Crippen LogP contribution is 2.68. The smallest absolute Gasteiger partial charge is 0.331 e. The van der Waals surface area contributed by atoms with E-state index in [2.05, 4.69) is 34.6 Å². The predicted octanol–water partition coefficient (Wildman–Crippen LogP) is 9.44. The standard InChI is InChI=1S/C36H54O3/c1-24(2)7-6-8-25(3)31-16-17-32-30-15-12-27-23-29(19-21-35(27,4)33(30)20-22-36(31,32)5)39-34(38)18-11-26-9-13-28(37)14-10-26/h9-11,13-14,18,24-25,27,29-33,37H,6-8,12,15-17,19-23H2,1-5H3/t25-,27?,29?,30+,31-,32+,33+,35+,36-/m1/s1. The van der Waals surface area contributed by atoms with Crippen LogP contribution in [0, 0.1) is 52.3 Å². The summed E-state index contributed by atoms with van der Waals surface area (Å²) in [5.74, 6) is 5.99. The summed E-state index contributed by atoms with van der Waals surface area (Å²) in [6.45, 7) is 12.6. The fourth-order valence-electron chi connectivity index (χ4n) is 10.3. The largest absolute Gasteiger partial charge is 0.508 e. The molecular weight excluding hydrogens is 480 g/mol.